The second kappa shape index (κ2) is 6.65. The Labute approximate surface area is 104 Å². The van der Waals surface area contributed by atoms with Crippen molar-refractivity contribution >= 4 is 5.69 Å². The first-order chi connectivity index (χ1) is 8.40. The molecule has 0 fully saturated rings. The number of aliphatic hydroxyl groups is 1. The van der Waals surface area contributed by atoms with Crippen molar-refractivity contribution in [1.29, 1.82) is 0 Å². The lowest BCUT2D eigenvalue weighted by molar-refractivity contribution is 0.283. The third-order valence-electron chi connectivity index (χ3n) is 3.51. The summed E-state index contributed by atoms with van der Waals surface area (Å²) in [6.45, 7) is 1.38. The molecule has 1 aliphatic carbocycles. The Morgan fingerprint density at radius 3 is 2.71 bits per heavy atom. The maximum Gasteiger partial charge on any atom is 0.0431 e. The van der Waals surface area contributed by atoms with E-state index < -0.39 is 0 Å². The Hall–Kier alpha value is -1.02. The van der Waals surface area contributed by atoms with Crippen molar-refractivity contribution in [3.8, 4) is 0 Å². The topological polar surface area (TPSA) is 32.3 Å². The van der Waals surface area contributed by atoms with Crippen LogP contribution in [0.1, 0.15) is 43.2 Å². The van der Waals surface area contributed by atoms with Crippen molar-refractivity contribution in [1.82, 2.24) is 0 Å². The molecule has 0 radical (unpaired) electrons. The van der Waals surface area contributed by atoms with Crippen molar-refractivity contribution in [2.45, 2.75) is 44.9 Å². The molecule has 2 N–H and O–H groups in total. The van der Waals surface area contributed by atoms with Crippen LogP contribution in [0.2, 0.25) is 0 Å². The number of nitrogens with one attached hydrogen (secondary N) is 1. The van der Waals surface area contributed by atoms with E-state index in [1.807, 2.05) is 0 Å². The molecule has 1 aromatic rings. The Bertz CT molecular complexity index is 349. The van der Waals surface area contributed by atoms with Crippen LogP contribution in [-0.4, -0.2) is 18.3 Å². The molecule has 0 atom stereocenters. The van der Waals surface area contributed by atoms with E-state index in [0.29, 0.717) is 6.61 Å². The van der Waals surface area contributed by atoms with E-state index >= 15 is 0 Å². The Morgan fingerprint density at radius 2 is 1.82 bits per heavy atom. The number of hydrogen-bond donors (Lipinski definition) is 2. The molecule has 0 saturated heterocycles. The maximum absolute atomic E-state index is 8.67. The molecular weight excluding hydrogens is 210 g/mol. The second-order valence-electron chi connectivity index (χ2n) is 4.90. The van der Waals surface area contributed by atoms with Crippen molar-refractivity contribution in [2.24, 2.45) is 0 Å². The van der Waals surface area contributed by atoms with E-state index in [9.17, 15) is 0 Å². The molecule has 17 heavy (non-hydrogen) atoms. The minimum absolute atomic E-state index is 0.332. The van der Waals surface area contributed by atoms with Gasteiger partial charge in [0.15, 0.2) is 0 Å². The van der Waals surface area contributed by atoms with Crippen LogP contribution in [0.4, 0.5) is 5.69 Å². The zero-order chi connectivity index (χ0) is 11.9. The van der Waals surface area contributed by atoms with E-state index in [1.165, 1.54) is 43.4 Å². The fourth-order valence-corrected chi connectivity index (χ4v) is 2.50. The average Bonchev–Trinajstić information content (AvgIpc) is 2.81. The number of rotatable bonds is 7. The molecule has 2 nitrogen and oxygen atoms in total. The van der Waals surface area contributed by atoms with Gasteiger partial charge in [-0.25, -0.2) is 0 Å². The summed E-state index contributed by atoms with van der Waals surface area (Å²) in [6.07, 6.45) is 8.31. The molecule has 2 rings (SSSR count). The first-order valence-corrected chi connectivity index (χ1v) is 6.86. The van der Waals surface area contributed by atoms with E-state index in [4.69, 9.17) is 5.11 Å². The first-order valence-electron chi connectivity index (χ1n) is 6.86. The fourth-order valence-electron chi connectivity index (χ4n) is 2.50. The Morgan fingerprint density at radius 1 is 1.00 bits per heavy atom. The number of aryl methyl sites for hydroxylation is 2. The Kier molecular flexibility index (Phi) is 4.87. The number of aliphatic hydroxyl groups excluding tert-OH is 1. The summed E-state index contributed by atoms with van der Waals surface area (Å²) in [5.41, 5.74) is 4.35. The van der Waals surface area contributed by atoms with Crippen molar-refractivity contribution in [3.63, 3.8) is 0 Å². The lowest BCUT2D eigenvalue weighted by Gasteiger charge is -2.08. The molecule has 0 bridgehead atoms. The van der Waals surface area contributed by atoms with Crippen LogP contribution in [0, 0.1) is 0 Å². The van der Waals surface area contributed by atoms with E-state index in [0.717, 1.165) is 19.4 Å². The van der Waals surface area contributed by atoms with Gasteiger partial charge in [0.1, 0.15) is 0 Å². The highest BCUT2D eigenvalue weighted by Crippen LogP contribution is 2.24. The molecule has 2 heteroatoms. The van der Waals surface area contributed by atoms with Crippen LogP contribution in [0.15, 0.2) is 18.2 Å². The van der Waals surface area contributed by atoms with Crippen LogP contribution in [-0.2, 0) is 12.8 Å². The predicted octanol–water partition coefficient (Wildman–Crippen LogP) is 3.14. The SMILES string of the molecule is OCCCCCCNc1ccc2c(c1)CCC2. The van der Waals surface area contributed by atoms with Crippen molar-refractivity contribution < 1.29 is 5.11 Å². The van der Waals surface area contributed by atoms with Gasteiger partial charge in [-0.2, -0.15) is 0 Å². The number of benzene rings is 1. The minimum atomic E-state index is 0.332. The predicted molar refractivity (Wildman–Crippen MR) is 72.5 cm³/mol. The molecule has 1 aliphatic rings. The summed E-state index contributed by atoms with van der Waals surface area (Å²) in [6, 6.07) is 6.80. The van der Waals surface area contributed by atoms with Crippen LogP contribution in [0.25, 0.3) is 0 Å². The molecule has 0 aliphatic heterocycles. The highest BCUT2D eigenvalue weighted by molar-refractivity contribution is 5.50. The van der Waals surface area contributed by atoms with Gasteiger partial charge in [0, 0.05) is 18.8 Å². The van der Waals surface area contributed by atoms with E-state index in [-0.39, 0.29) is 0 Å². The largest absolute Gasteiger partial charge is 0.396 e. The highest BCUT2D eigenvalue weighted by Gasteiger charge is 2.10. The second-order valence-corrected chi connectivity index (χ2v) is 4.90. The molecule has 0 spiro atoms. The maximum atomic E-state index is 8.67. The number of anilines is 1. The average molecular weight is 233 g/mol. The number of fused-ring (bicyclic) bond motifs is 1. The molecule has 0 amide bonds. The van der Waals surface area contributed by atoms with Gasteiger partial charge in [-0.1, -0.05) is 18.9 Å². The van der Waals surface area contributed by atoms with Gasteiger partial charge in [0.25, 0.3) is 0 Å². The van der Waals surface area contributed by atoms with E-state index in [1.54, 1.807) is 5.56 Å². The standard InChI is InChI=1S/C15H23NO/c17-11-4-2-1-3-10-16-15-9-8-13-6-5-7-14(13)12-15/h8-9,12,16-17H,1-7,10-11H2. The van der Waals surface area contributed by atoms with Crippen LogP contribution >= 0.6 is 0 Å². The minimum Gasteiger partial charge on any atom is -0.396 e. The molecule has 0 heterocycles. The molecule has 1 aromatic carbocycles. The third kappa shape index (κ3) is 3.74. The molecular formula is C15H23NO. The van der Waals surface area contributed by atoms with E-state index in [2.05, 4.69) is 23.5 Å². The lowest BCUT2D eigenvalue weighted by atomic mass is 10.1. The van der Waals surface area contributed by atoms with Gasteiger partial charge < -0.3 is 10.4 Å². The molecule has 0 aromatic heterocycles. The monoisotopic (exact) mass is 233 g/mol. The fraction of sp³-hybridized carbons (Fsp3) is 0.600. The lowest BCUT2D eigenvalue weighted by Crippen LogP contribution is -2.02. The molecule has 94 valence electrons. The van der Waals surface area contributed by atoms with Crippen LogP contribution in [0.5, 0.6) is 0 Å². The summed E-state index contributed by atoms with van der Waals surface area (Å²) in [5.74, 6) is 0. The summed E-state index contributed by atoms with van der Waals surface area (Å²) in [7, 11) is 0. The zero-order valence-electron chi connectivity index (χ0n) is 10.5. The van der Waals surface area contributed by atoms with Gasteiger partial charge in [0.05, 0.1) is 0 Å². The third-order valence-corrected chi connectivity index (χ3v) is 3.51. The summed E-state index contributed by atoms with van der Waals surface area (Å²) >= 11 is 0. The summed E-state index contributed by atoms with van der Waals surface area (Å²) < 4.78 is 0. The quantitative estimate of drug-likeness (QED) is 0.709. The normalized spacial score (nSPS) is 13.7. The Balaban J connectivity index is 1.69. The molecule has 0 saturated carbocycles. The van der Waals surface area contributed by atoms with Gasteiger partial charge in [-0.3, -0.25) is 0 Å². The highest BCUT2D eigenvalue weighted by atomic mass is 16.2. The van der Waals surface area contributed by atoms with Crippen LogP contribution in [0.3, 0.4) is 0 Å². The zero-order valence-corrected chi connectivity index (χ0v) is 10.5. The number of hydrogen-bond acceptors (Lipinski definition) is 2. The van der Waals surface area contributed by atoms with Crippen molar-refractivity contribution in [2.75, 3.05) is 18.5 Å². The van der Waals surface area contributed by atoms with Gasteiger partial charge >= 0.3 is 0 Å². The number of unbranched alkanes of at least 4 members (excludes halogenated alkanes) is 3. The van der Waals surface area contributed by atoms with Crippen molar-refractivity contribution in [3.05, 3.63) is 29.3 Å². The first kappa shape index (κ1) is 12.4. The van der Waals surface area contributed by atoms with Crippen LogP contribution < -0.4 is 5.32 Å². The summed E-state index contributed by atoms with van der Waals surface area (Å²) in [5, 5.41) is 12.2. The van der Waals surface area contributed by atoms with Gasteiger partial charge in [-0.15, -0.1) is 0 Å². The van der Waals surface area contributed by atoms with Gasteiger partial charge in [-0.05, 0) is 55.4 Å². The molecule has 0 unspecified atom stereocenters. The smallest absolute Gasteiger partial charge is 0.0431 e. The van der Waals surface area contributed by atoms with Gasteiger partial charge in [0.2, 0.25) is 0 Å². The summed E-state index contributed by atoms with van der Waals surface area (Å²) in [4.78, 5) is 0.